The zero-order valence-corrected chi connectivity index (χ0v) is 12.8. The zero-order chi connectivity index (χ0) is 14.3. The molecule has 0 amide bonds. The van der Waals surface area contributed by atoms with Crippen LogP contribution in [-0.2, 0) is 4.74 Å². The molecule has 0 aliphatic heterocycles. The van der Waals surface area contributed by atoms with Crippen LogP contribution in [0, 0.1) is 6.92 Å². The minimum atomic E-state index is 0.177. The van der Waals surface area contributed by atoms with Gasteiger partial charge in [-0.05, 0) is 44.5 Å². The first-order valence-corrected chi connectivity index (χ1v) is 7.08. The van der Waals surface area contributed by atoms with Gasteiger partial charge in [-0.15, -0.1) is 0 Å². The van der Waals surface area contributed by atoms with Crippen molar-refractivity contribution in [3.05, 3.63) is 29.3 Å². The molecule has 0 saturated heterocycles. The van der Waals surface area contributed by atoms with Crippen LogP contribution in [0.2, 0.25) is 0 Å². The van der Waals surface area contributed by atoms with Gasteiger partial charge in [0, 0.05) is 26.2 Å². The summed E-state index contributed by atoms with van der Waals surface area (Å²) in [6.07, 6.45) is 1.08. The van der Waals surface area contributed by atoms with Crippen LogP contribution in [0.5, 0.6) is 5.75 Å². The summed E-state index contributed by atoms with van der Waals surface area (Å²) in [6, 6.07) is 6.79. The maximum atomic E-state index is 5.94. The summed E-state index contributed by atoms with van der Waals surface area (Å²) in [6.45, 7) is 10.2. The molecule has 0 aliphatic carbocycles. The molecule has 0 fully saturated rings. The molecule has 108 valence electrons. The molecular weight excluding hydrogens is 238 g/mol. The summed E-state index contributed by atoms with van der Waals surface area (Å²) in [5.74, 6) is 0.969. The lowest BCUT2D eigenvalue weighted by Crippen LogP contribution is -2.18. The molecule has 1 aromatic rings. The lowest BCUT2D eigenvalue weighted by Gasteiger charge is -2.18. The molecule has 3 nitrogen and oxygen atoms in total. The summed E-state index contributed by atoms with van der Waals surface area (Å²) >= 11 is 0. The zero-order valence-electron chi connectivity index (χ0n) is 12.8. The molecule has 2 unspecified atom stereocenters. The van der Waals surface area contributed by atoms with Crippen LogP contribution in [0.3, 0.4) is 0 Å². The first-order chi connectivity index (χ1) is 9.08. The van der Waals surface area contributed by atoms with E-state index in [0.29, 0.717) is 6.04 Å². The van der Waals surface area contributed by atoms with Gasteiger partial charge in [-0.3, -0.25) is 0 Å². The number of aryl methyl sites for hydroxylation is 1. The van der Waals surface area contributed by atoms with Gasteiger partial charge < -0.3 is 14.8 Å². The maximum Gasteiger partial charge on any atom is 0.122 e. The molecule has 0 aliphatic rings. The van der Waals surface area contributed by atoms with Crippen molar-refractivity contribution in [2.24, 2.45) is 0 Å². The first kappa shape index (κ1) is 16.0. The van der Waals surface area contributed by atoms with E-state index in [1.165, 1.54) is 11.1 Å². The second-order valence-electron chi connectivity index (χ2n) is 5.01. The highest BCUT2D eigenvalue weighted by molar-refractivity contribution is 5.37. The highest BCUT2D eigenvalue weighted by Gasteiger charge is 2.09. The normalized spacial score (nSPS) is 14.2. The van der Waals surface area contributed by atoms with Gasteiger partial charge in [-0.1, -0.05) is 19.1 Å². The van der Waals surface area contributed by atoms with E-state index in [2.05, 4.69) is 51.2 Å². The van der Waals surface area contributed by atoms with Crippen molar-refractivity contribution in [2.45, 2.75) is 46.3 Å². The third-order valence-corrected chi connectivity index (χ3v) is 3.27. The Labute approximate surface area is 117 Å². The molecule has 0 radical (unpaired) electrons. The molecule has 1 rings (SSSR count). The largest absolute Gasteiger partial charge is 0.490 e. The molecule has 0 bridgehead atoms. The van der Waals surface area contributed by atoms with Crippen LogP contribution in [0.1, 0.15) is 44.4 Å². The first-order valence-electron chi connectivity index (χ1n) is 7.08. The average molecular weight is 265 g/mol. The predicted molar refractivity (Wildman–Crippen MR) is 79.9 cm³/mol. The van der Waals surface area contributed by atoms with Crippen molar-refractivity contribution < 1.29 is 9.47 Å². The van der Waals surface area contributed by atoms with E-state index in [1.807, 2.05) is 0 Å². The van der Waals surface area contributed by atoms with Gasteiger partial charge in [0.1, 0.15) is 5.75 Å². The molecule has 19 heavy (non-hydrogen) atoms. The lowest BCUT2D eigenvalue weighted by atomic mass is 10.0. The topological polar surface area (TPSA) is 30.5 Å². The smallest absolute Gasteiger partial charge is 0.122 e. The van der Waals surface area contributed by atoms with Crippen LogP contribution in [0.15, 0.2) is 18.2 Å². The third kappa shape index (κ3) is 5.21. The Balaban J connectivity index is 2.66. The monoisotopic (exact) mass is 265 g/mol. The number of ether oxygens (including phenoxy) is 2. The Morgan fingerprint density at radius 1 is 1.26 bits per heavy atom. The van der Waals surface area contributed by atoms with E-state index >= 15 is 0 Å². The number of hydrogen-bond donors (Lipinski definition) is 1. The van der Waals surface area contributed by atoms with Crippen molar-refractivity contribution >= 4 is 0 Å². The SMILES string of the molecule is CCNC(C)c1ccc(OC(C)CCOC)c(C)c1. The van der Waals surface area contributed by atoms with E-state index in [-0.39, 0.29) is 6.10 Å². The van der Waals surface area contributed by atoms with Crippen molar-refractivity contribution in [3.8, 4) is 5.75 Å². The maximum absolute atomic E-state index is 5.94. The molecule has 1 aromatic carbocycles. The molecule has 3 heteroatoms. The molecule has 1 N–H and O–H groups in total. The van der Waals surface area contributed by atoms with Gasteiger partial charge in [0.15, 0.2) is 0 Å². The number of rotatable bonds is 8. The summed E-state index contributed by atoms with van der Waals surface area (Å²) < 4.78 is 11.0. The Morgan fingerprint density at radius 3 is 2.58 bits per heavy atom. The van der Waals surface area contributed by atoms with E-state index < -0.39 is 0 Å². The van der Waals surface area contributed by atoms with E-state index in [4.69, 9.17) is 9.47 Å². The van der Waals surface area contributed by atoms with E-state index in [0.717, 1.165) is 25.3 Å². The van der Waals surface area contributed by atoms with Crippen LogP contribution >= 0.6 is 0 Å². The van der Waals surface area contributed by atoms with E-state index in [9.17, 15) is 0 Å². The Hall–Kier alpha value is -1.06. The van der Waals surface area contributed by atoms with Gasteiger partial charge in [-0.25, -0.2) is 0 Å². The molecule has 0 heterocycles. The molecule has 2 atom stereocenters. The lowest BCUT2D eigenvalue weighted by molar-refractivity contribution is 0.134. The molecule has 0 aromatic heterocycles. The fraction of sp³-hybridized carbons (Fsp3) is 0.625. The second kappa shape index (κ2) is 8.18. The summed E-state index contributed by atoms with van der Waals surface area (Å²) in [7, 11) is 1.72. The third-order valence-electron chi connectivity index (χ3n) is 3.27. The van der Waals surface area contributed by atoms with Crippen molar-refractivity contribution in [2.75, 3.05) is 20.3 Å². The number of hydrogen-bond acceptors (Lipinski definition) is 3. The summed E-state index contributed by atoms with van der Waals surface area (Å²) in [5.41, 5.74) is 2.49. The van der Waals surface area contributed by atoms with Gasteiger partial charge in [0.25, 0.3) is 0 Å². The fourth-order valence-corrected chi connectivity index (χ4v) is 2.06. The van der Waals surface area contributed by atoms with Gasteiger partial charge in [0.2, 0.25) is 0 Å². The minimum Gasteiger partial charge on any atom is -0.490 e. The van der Waals surface area contributed by atoms with Crippen LogP contribution in [-0.4, -0.2) is 26.4 Å². The van der Waals surface area contributed by atoms with Gasteiger partial charge in [-0.2, -0.15) is 0 Å². The Kier molecular flexibility index (Phi) is 6.89. The Morgan fingerprint density at radius 2 is 2.00 bits per heavy atom. The number of methoxy groups -OCH3 is 1. The van der Waals surface area contributed by atoms with Crippen LogP contribution in [0.25, 0.3) is 0 Å². The quantitative estimate of drug-likeness (QED) is 0.780. The minimum absolute atomic E-state index is 0.177. The Bertz CT molecular complexity index is 379. The van der Waals surface area contributed by atoms with Crippen molar-refractivity contribution in [1.29, 1.82) is 0 Å². The molecular formula is C16H27NO2. The standard InChI is InChI=1S/C16H27NO2/c1-6-17-14(4)15-7-8-16(12(2)11-15)19-13(3)9-10-18-5/h7-8,11,13-14,17H,6,9-10H2,1-5H3. The highest BCUT2D eigenvalue weighted by atomic mass is 16.5. The predicted octanol–water partition coefficient (Wildman–Crippen LogP) is 3.47. The van der Waals surface area contributed by atoms with Crippen LogP contribution in [0.4, 0.5) is 0 Å². The van der Waals surface area contributed by atoms with Crippen LogP contribution < -0.4 is 10.1 Å². The average Bonchev–Trinajstić information content (AvgIpc) is 2.39. The van der Waals surface area contributed by atoms with E-state index in [1.54, 1.807) is 7.11 Å². The number of benzene rings is 1. The second-order valence-corrected chi connectivity index (χ2v) is 5.01. The highest BCUT2D eigenvalue weighted by Crippen LogP contribution is 2.24. The number of nitrogens with one attached hydrogen (secondary N) is 1. The van der Waals surface area contributed by atoms with Gasteiger partial charge >= 0.3 is 0 Å². The summed E-state index contributed by atoms with van der Waals surface area (Å²) in [5, 5.41) is 3.42. The van der Waals surface area contributed by atoms with Gasteiger partial charge in [0.05, 0.1) is 6.10 Å². The fourth-order valence-electron chi connectivity index (χ4n) is 2.06. The molecule has 0 saturated carbocycles. The van der Waals surface area contributed by atoms with Crippen molar-refractivity contribution in [1.82, 2.24) is 5.32 Å². The van der Waals surface area contributed by atoms with Crippen molar-refractivity contribution in [3.63, 3.8) is 0 Å². The molecule has 0 spiro atoms. The summed E-state index contributed by atoms with van der Waals surface area (Å²) in [4.78, 5) is 0.